The number of amides is 2. The van der Waals surface area contributed by atoms with Crippen molar-refractivity contribution >= 4 is 6.03 Å². The Morgan fingerprint density at radius 1 is 1.50 bits per heavy atom. The van der Waals surface area contributed by atoms with E-state index in [1.165, 1.54) is 0 Å². The molecule has 0 unspecified atom stereocenters. The molecular weight excluding hydrogens is 158 g/mol. The van der Waals surface area contributed by atoms with Gasteiger partial charge in [-0.1, -0.05) is 6.92 Å². The number of nitrogens with one attached hydrogen (secondary N) is 2. The first kappa shape index (κ1) is 11.2. The highest BCUT2D eigenvalue weighted by Crippen LogP contribution is 1.83. The van der Waals surface area contributed by atoms with Gasteiger partial charge in [0.25, 0.3) is 0 Å². The summed E-state index contributed by atoms with van der Waals surface area (Å²) in [4.78, 5) is 10.5. The van der Waals surface area contributed by atoms with Crippen LogP contribution in [-0.4, -0.2) is 25.8 Å². The zero-order valence-electron chi connectivity index (χ0n) is 7.43. The summed E-state index contributed by atoms with van der Waals surface area (Å²) in [5.74, 6) is 4.84. The van der Waals surface area contributed by atoms with Gasteiger partial charge >= 0.3 is 6.03 Å². The van der Waals surface area contributed by atoms with Crippen LogP contribution in [0.15, 0.2) is 0 Å². The summed E-state index contributed by atoms with van der Waals surface area (Å²) >= 11 is 0. The third-order valence-electron chi connectivity index (χ3n) is 1.23. The van der Waals surface area contributed by atoms with E-state index in [4.69, 9.17) is 10.6 Å². The topological polar surface area (TPSA) is 76.4 Å². The number of hydrazine groups is 1. The first-order chi connectivity index (χ1) is 5.81. The van der Waals surface area contributed by atoms with E-state index in [-0.39, 0.29) is 6.03 Å². The Balaban J connectivity index is 2.95. The second-order valence-electron chi connectivity index (χ2n) is 2.37. The third kappa shape index (κ3) is 7.30. The van der Waals surface area contributed by atoms with Gasteiger partial charge in [0.15, 0.2) is 0 Å². The minimum atomic E-state index is -0.356. The summed E-state index contributed by atoms with van der Waals surface area (Å²) in [5, 5.41) is 2.55. The van der Waals surface area contributed by atoms with Crippen LogP contribution in [0.4, 0.5) is 4.79 Å². The van der Waals surface area contributed by atoms with E-state index >= 15 is 0 Å². The van der Waals surface area contributed by atoms with Gasteiger partial charge in [-0.05, 0) is 12.8 Å². The molecule has 12 heavy (non-hydrogen) atoms. The molecule has 0 aromatic carbocycles. The van der Waals surface area contributed by atoms with E-state index in [1.54, 1.807) is 0 Å². The molecule has 5 heteroatoms. The second kappa shape index (κ2) is 8.29. The van der Waals surface area contributed by atoms with E-state index in [1.807, 2.05) is 5.43 Å². The Morgan fingerprint density at radius 3 is 2.83 bits per heavy atom. The predicted octanol–water partition coefficient (Wildman–Crippen LogP) is -0.0240. The van der Waals surface area contributed by atoms with Gasteiger partial charge in [-0.15, -0.1) is 0 Å². The lowest BCUT2D eigenvalue weighted by molar-refractivity contribution is 0.132. The Bertz CT molecular complexity index is 119. The van der Waals surface area contributed by atoms with Crippen molar-refractivity contribution in [3.05, 3.63) is 0 Å². The fraction of sp³-hybridized carbons (Fsp3) is 0.857. The molecule has 0 fully saturated rings. The first-order valence-electron chi connectivity index (χ1n) is 4.13. The molecular formula is C7H17N3O2. The molecule has 0 heterocycles. The van der Waals surface area contributed by atoms with Crippen molar-refractivity contribution in [1.82, 2.24) is 10.7 Å². The summed E-state index contributed by atoms with van der Waals surface area (Å²) in [6.07, 6.45) is 1.84. The molecule has 0 aromatic rings. The first-order valence-corrected chi connectivity index (χ1v) is 4.13. The largest absolute Gasteiger partial charge is 0.381 e. The molecule has 0 rings (SSSR count). The zero-order chi connectivity index (χ0) is 9.23. The van der Waals surface area contributed by atoms with E-state index in [0.29, 0.717) is 13.2 Å². The van der Waals surface area contributed by atoms with Crippen LogP contribution in [-0.2, 0) is 4.74 Å². The van der Waals surface area contributed by atoms with Crippen molar-refractivity contribution in [2.24, 2.45) is 5.84 Å². The van der Waals surface area contributed by atoms with Gasteiger partial charge in [0.1, 0.15) is 0 Å². The Labute approximate surface area is 72.6 Å². The molecule has 4 N–H and O–H groups in total. The van der Waals surface area contributed by atoms with Crippen LogP contribution in [0.1, 0.15) is 19.8 Å². The van der Waals surface area contributed by atoms with Gasteiger partial charge in [-0.25, -0.2) is 10.6 Å². The van der Waals surface area contributed by atoms with Crippen LogP contribution in [0.5, 0.6) is 0 Å². The standard InChI is InChI=1S/C7H17N3O2/c1-2-5-12-6-3-4-9-7(11)10-8/h2-6,8H2,1H3,(H2,9,10,11). The van der Waals surface area contributed by atoms with Gasteiger partial charge in [0.2, 0.25) is 0 Å². The molecule has 0 aliphatic rings. The summed E-state index contributed by atoms with van der Waals surface area (Å²) in [7, 11) is 0. The molecule has 0 bridgehead atoms. The minimum absolute atomic E-state index is 0.356. The molecule has 2 amide bonds. The van der Waals surface area contributed by atoms with Crippen molar-refractivity contribution in [3.63, 3.8) is 0 Å². The highest BCUT2D eigenvalue weighted by molar-refractivity contribution is 5.72. The fourth-order valence-electron chi connectivity index (χ4n) is 0.674. The number of hydrogen-bond donors (Lipinski definition) is 3. The minimum Gasteiger partial charge on any atom is -0.381 e. The van der Waals surface area contributed by atoms with Gasteiger partial charge in [0, 0.05) is 19.8 Å². The van der Waals surface area contributed by atoms with Crippen LogP contribution in [0, 0.1) is 0 Å². The zero-order valence-corrected chi connectivity index (χ0v) is 7.43. The molecule has 0 saturated heterocycles. The van der Waals surface area contributed by atoms with Gasteiger partial charge in [-0.3, -0.25) is 5.43 Å². The van der Waals surface area contributed by atoms with Gasteiger partial charge in [-0.2, -0.15) is 0 Å². The number of hydrogen-bond acceptors (Lipinski definition) is 3. The molecule has 0 radical (unpaired) electrons. The summed E-state index contributed by atoms with van der Waals surface area (Å²) in [5.41, 5.74) is 1.98. The molecule has 5 nitrogen and oxygen atoms in total. The van der Waals surface area contributed by atoms with Crippen LogP contribution < -0.4 is 16.6 Å². The quantitative estimate of drug-likeness (QED) is 0.230. The van der Waals surface area contributed by atoms with E-state index < -0.39 is 0 Å². The monoisotopic (exact) mass is 175 g/mol. The average Bonchev–Trinajstić information content (AvgIpc) is 2.10. The third-order valence-corrected chi connectivity index (χ3v) is 1.23. The predicted molar refractivity (Wildman–Crippen MR) is 46.4 cm³/mol. The van der Waals surface area contributed by atoms with Crippen molar-refractivity contribution < 1.29 is 9.53 Å². The van der Waals surface area contributed by atoms with Crippen molar-refractivity contribution in [3.8, 4) is 0 Å². The van der Waals surface area contributed by atoms with Crippen LogP contribution in [0.2, 0.25) is 0 Å². The Morgan fingerprint density at radius 2 is 2.25 bits per heavy atom. The summed E-state index contributed by atoms with van der Waals surface area (Å²) < 4.78 is 5.20. The maximum absolute atomic E-state index is 10.5. The number of carbonyl (C=O) groups is 1. The lowest BCUT2D eigenvalue weighted by Gasteiger charge is -2.04. The molecule has 0 aliphatic heterocycles. The molecule has 0 saturated carbocycles. The van der Waals surface area contributed by atoms with E-state index in [9.17, 15) is 4.79 Å². The maximum atomic E-state index is 10.5. The van der Waals surface area contributed by atoms with E-state index in [0.717, 1.165) is 19.4 Å². The van der Waals surface area contributed by atoms with Crippen LogP contribution in [0.3, 0.4) is 0 Å². The lowest BCUT2D eigenvalue weighted by Crippen LogP contribution is -2.40. The maximum Gasteiger partial charge on any atom is 0.328 e. The van der Waals surface area contributed by atoms with Crippen molar-refractivity contribution in [2.75, 3.05) is 19.8 Å². The van der Waals surface area contributed by atoms with E-state index in [2.05, 4.69) is 12.2 Å². The van der Waals surface area contributed by atoms with Crippen LogP contribution >= 0.6 is 0 Å². The molecule has 0 aliphatic carbocycles. The van der Waals surface area contributed by atoms with Gasteiger partial charge < -0.3 is 10.1 Å². The second-order valence-corrected chi connectivity index (χ2v) is 2.37. The summed E-state index contributed by atoms with van der Waals surface area (Å²) in [6, 6.07) is -0.356. The summed E-state index contributed by atoms with van der Waals surface area (Å²) in [6.45, 7) is 4.11. The van der Waals surface area contributed by atoms with Crippen LogP contribution in [0.25, 0.3) is 0 Å². The molecule has 0 aromatic heterocycles. The van der Waals surface area contributed by atoms with Crippen molar-refractivity contribution in [1.29, 1.82) is 0 Å². The molecule has 0 spiro atoms. The average molecular weight is 175 g/mol. The normalized spacial score (nSPS) is 9.50. The highest BCUT2D eigenvalue weighted by atomic mass is 16.5. The Kier molecular flexibility index (Phi) is 7.73. The molecule has 0 atom stereocenters. The highest BCUT2D eigenvalue weighted by Gasteiger charge is 1.93. The van der Waals surface area contributed by atoms with Crippen molar-refractivity contribution in [2.45, 2.75) is 19.8 Å². The smallest absolute Gasteiger partial charge is 0.328 e. The number of carbonyl (C=O) groups excluding carboxylic acids is 1. The SMILES string of the molecule is CCCOCCCNC(=O)NN. The number of ether oxygens (including phenoxy) is 1. The molecule has 72 valence electrons. The number of urea groups is 1. The fourth-order valence-corrected chi connectivity index (χ4v) is 0.674. The Hall–Kier alpha value is -0.810. The number of rotatable bonds is 6. The van der Waals surface area contributed by atoms with Gasteiger partial charge in [0.05, 0.1) is 0 Å². The lowest BCUT2D eigenvalue weighted by atomic mass is 10.4. The number of nitrogens with two attached hydrogens (primary N) is 1.